The number of aromatic amines is 1. The van der Waals surface area contributed by atoms with Crippen molar-refractivity contribution in [1.29, 1.82) is 0 Å². The first-order valence-electron chi connectivity index (χ1n) is 8.93. The summed E-state index contributed by atoms with van der Waals surface area (Å²) in [6.07, 6.45) is 5.84. The molecule has 5 heteroatoms. The molecular weight excluding hydrogens is 412 g/mol. The quantitative estimate of drug-likeness (QED) is 0.502. The number of halogens is 2. The third-order valence-corrected chi connectivity index (χ3v) is 5.97. The van der Waals surface area contributed by atoms with E-state index in [9.17, 15) is 0 Å². The number of ether oxygens (including phenoxy) is 1. The smallest absolute Gasteiger partial charge is 0.0914 e. The maximum absolute atomic E-state index is 6.45. The first-order valence-corrected chi connectivity index (χ1v) is 9.72. The molecule has 0 amide bonds. The minimum atomic E-state index is 0. The number of nitrogens with one attached hydrogen (secondary N) is 1. The zero-order chi connectivity index (χ0) is 17.4. The molecule has 1 aliphatic carbocycles. The molecule has 3 nitrogen and oxygen atoms in total. The number of hydrogen-bond acceptors (Lipinski definition) is 2. The zero-order valence-electron chi connectivity index (χ0n) is 15.1. The largest absolute Gasteiger partial charge is 0.368 e. The molecule has 1 saturated carbocycles. The van der Waals surface area contributed by atoms with E-state index in [0.717, 1.165) is 15.5 Å². The Hall–Kier alpha value is -1.36. The number of rotatable bonds is 5. The molecule has 1 N–H and O–H groups in total. The molecule has 1 unspecified atom stereocenters. The van der Waals surface area contributed by atoms with Gasteiger partial charge in [0.1, 0.15) is 0 Å². The topological polar surface area (TPSA) is 37.9 Å². The van der Waals surface area contributed by atoms with Gasteiger partial charge in [0.25, 0.3) is 0 Å². The van der Waals surface area contributed by atoms with E-state index in [1.807, 2.05) is 6.20 Å². The molecule has 2 heterocycles. The van der Waals surface area contributed by atoms with Crippen LogP contribution >= 0.6 is 28.3 Å². The predicted molar refractivity (Wildman–Crippen MR) is 112 cm³/mol. The van der Waals surface area contributed by atoms with Crippen LogP contribution in [-0.4, -0.2) is 9.97 Å². The SMILES string of the molecule is Cc1[nH]c2c(C(OCc3ccc(Br)cc3)C3CCC3)ccnc2c1C.Cl. The van der Waals surface area contributed by atoms with Crippen LogP contribution in [-0.2, 0) is 11.3 Å². The molecule has 1 fully saturated rings. The van der Waals surface area contributed by atoms with E-state index in [1.165, 1.54) is 41.6 Å². The van der Waals surface area contributed by atoms with E-state index in [2.05, 4.69) is 70.1 Å². The number of pyridine rings is 1. The van der Waals surface area contributed by atoms with Crippen molar-refractivity contribution in [2.45, 2.75) is 45.8 Å². The average Bonchev–Trinajstić information content (AvgIpc) is 2.86. The lowest BCUT2D eigenvalue weighted by atomic mass is 9.78. The van der Waals surface area contributed by atoms with E-state index >= 15 is 0 Å². The van der Waals surface area contributed by atoms with Gasteiger partial charge >= 0.3 is 0 Å². The Balaban J connectivity index is 0.00000196. The van der Waals surface area contributed by atoms with Crippen molar-refractivity contribution in [2.75, 3.05) is 0 Å². The summed E-state index contributed by atoms with van der Waals surface area (Å²) in [5, 5.41) is 0. The van der Waals surface area contributed by atoms with Gasteiger partial charge in [0, 0.05) is 21.9 Å². The zero-order valence-corrected chi connectivity index (χ0v) is 17.5. The maximum atomic E-state index is 6.45. The van der Waals surface area contributed by atoms with E-state index in [4.69, 9.17) is 4.74 Å². The van der Waals surface area contributed by atoms with Crippen molar-refractivity contribution >= 4 is 39.4 Å². The highest BCUT2D eigenvalue weighted by Crippen LogP contribution is 2.42. The Bertz CT molecular complexity index is 887. The number of aromatic nitrogens is 2. The van der Waals surface area contributed by atoms with Crippen LogP contribution in [0.2, 0.25) is 0 Å². The van der Waals surface area contributed by atoms with Crippen LogP contribution in [0.25, 0.3) is 11.0 Å². The number of benzene rings is 1. The summed E-state index contributed by atoms with van der Waals surface area (Å²) in [5.41, 5.74) is 7.10. The molecule has 138 valence electrons. The van der Waals surface area contributed by atoms with Crippen LogP contribution in [0.3, 0.4) is 0 Å². The molecule has 1 atom stereocenters. The molecule has 0 spiro atoms. The first-order chi connectivity index (χ1) is 12.1. The summed E-state index contributed by atoms with van der Waals surface area (Å²) >= 11 is 3.49. The molecule has 1 aliphatic rings. The third kappa shape index (κ3) is 3.68. The summed E-state index contributed by atoms with van der Waals surface area (Å²) in [6.45, 7) is 4.88. The van der Waals surface area contributed by atoms with Gasteiger partial charge in [-0.25, -0.2) is 0 Å². The molecule has 26 heavy (non-hydrogen) atoms. The van der Waals surface area contributed by atoms with Gasteiger partial charge in [0.2, 0.25) is 0 Å². The summed E-state index contributed by atoms with van der Waals surface area (Å²) < 4.78 is 7.55. The second-order valence-electron chi connectivity index (χ2n) is 7.05. The Morgan fingerprint density at radius 2 is 1.92 bits per heavy atom. The number of fused-ring (bicyclic) bond motifs is 1. The van der Waals surface area contributed by atoms with Crippen molar-refractivity contribution < 1.29 is 4.74 Å². The molecule has 0 saturated heterocycles. The molecule has 0 aliphatic heterocycles. The number of H-pyrrole nitrogens is 1. The van der Waals surface area contributed by atoms with Gasteiger partial charge in [-0.1, -0.05) is 34.5 Å². The summed E-state index contributed by atoms with van der Waals surface area (Å²) in [7, 11) is 0. The van der Waals surface area contributed by atoms with Gasteiger partial charge in [-0.2, -0.15) is 0 Å². The second kappa shape index (κ2) is 8.12. The van der Waals surface area contributed by atoms with Crippen molar-refractivity contribution in [3.05, 3.63) is 63.4 Å². The third-order valence-electron chi connectivity index (χ3n) is 5.44. The Morgan fingerprint density at radius 3 is 2.58 bits per heavy atom. The van der Waals surface area contributed by atoms with Crippen molar-refractivity contribution in [2.24, 2.45) is 5.92 Å². The molecular formula is C21H24BrClN2O. The monoisotopic (exact) mass is 434 g/mol. The Labute approximate surface area is 169 Å². The Kier molecular flexibility index (Phi) is 6.06. The van der Waals surface area contributed by atoms with E-state index < -0.39 is 0 Å². The highest BCUT2D eigenvalue weighted by atomic mass is 79.9. The van der Waals surface area contributed by atoms with Gasteiger partial charge < -0.3 is 9.72 Å². The van der Waals surface area contributed by atoms with Crippen LogP contribution in [0.4, 0.5) is 0 Å². The minimum Gasteiger partial charge on any atom is -0.368 e. The molecule has 1 aromatic carbocycles. The lowest BCUT2D eigenvalue weighted by Crippen LogP contribution is -2.23. The standard InChI is InChI=1S/C21H23BrN2O.ClH/c1-13-14(2)24-20-18(10-11-23-19(13)20)21(16-4-3-5-16)25-12-15-6-8-17(22)9-7-15;/h6-11,16,21,24H,3-5,12H2,1-2H3;1H. The van der Waals surface area contributed by atoms with Gasteiger partial charge in [0.15, 0.2) is 0 Å². The maximum Gasteiger partial charge on any atom is 0.0914 e. The van der Waals surface area contributed by atoms with Crippen molar-refractivity contribution in [3.8, 4) is 0 Å². The van der Waals surface area contributed by atoms with Crippen LogP contribution in [0, 0.1) is 19.8 Å². The number of hydrogen-bond donors (Lipinski definition) is 1. The lowest BCUT2D eigenvalue weighted by molar-refractivity contribution is -0.0252. The number of nitrogens with zero attached hydrogens (tertiary/aromatic N) is 1. The molecule has 0 bridgehead atoms. The first kappa shape index (κ1) is 19.4. The van der Waals surface area contributed by atoms with Crippen LogP contribution in [0.5, 0.6) is 0 Å². The fourth-order valence-corrected chi connectivity index (χ4v) is 3.84. The van der Waals surface area contributed by atoms with Crippen molar-refractivity contribution in [1.82, 2.24) is 9.97 Å². The average molecular weight is 436 g/mol. The van der Waals surface area contributed by atoms with Crippen LogP contribution in [0.1, 0.15) is 47.8 Å². The van der Waals surface area contributed by atoms with Gasteiger partial charge in [-0.05, 0) is 61.9 Å². The van der Waals surface area contributed by atoms with E-state index in [1.54, 1.807) is 0 Å². The van der Waals surface area contributed by atoms with Crippen LogP contribution < -0.4 is 0 Å². The highest BCUT2D eigenvalue weighted by molar-refractivity contribution is 9.10. The fraction of sp³-hybridized carbons (Fsp3) is 0.381. The molecule has 4 rings (SSSR count). The summed E-state index contributed by atoms with van der Waals surface area (Å²) in [6, 6.07) is 10.5. The van der Waals surface area contributed by atoms with Gasteiger partial charge in [-0.3, -0.25) is 4.98 Å². The second-order valence-corrected chi connectivity index (χ2v) is 7.96. The van der Waals surface area contributed by atoms with Gasteiger partial charge in [-0.15, -0.1) is 12.4 Å². The van der Waals surface area contributed by atoms with Gasteiger partial charge in [0.05, 0.1) is 23.7 Å². The number of aryl methyl sites for hydroxylation is 2. The molecule has 2 aromatic heterocycles. The predicted octanol–water partition coefficient (Wildman–Crippen LogP) is 6.42. The highest BCUT2D eigenvalue weighted by Gasteiger charge is 2.31. The summed E-state index contributed by atoms with van der Waals surface area (Å²) in [5.74, 6) is 0.602. The fourth-order valence-electron chi connectivity index (χ4n) is 3.58. The minimum absolute atomic E-state index is 0. The normalized spacial score (nSPS) is 15.5. The Morgan fingerprint density at radius 1 is 1.19 bits per heavy atom. The summed E-state index contributed by atoms with van der Waals surface area (Å²) in [4.78, 5) is 8.12. The van der Waals surface area contributed by atoms with E-state index in [0.29, 0.717) is 12.5 Å². The van der Waals surface area contributed by atoms with Crippen molar-refractivity contribution in [3.63, 3.8) is 0 Å². The molecule has 3 aromatic rings. The van der Waals surface area contributed by atoms with E-state index in [-0.39, 0.29) is 18.5 Å². The van der Waals surface area contributed by atoms with Crippen LogP contribution in [0.15, 0.2) is 41.0 Å². The lowest BCUT2D eigenvalue weighted by Gasteiger charge is -2.34. The molecule has 0 radical (unpaired) electrons.